The normalized spacial score (nSPS) is 30.0. The third kappa shape index (κ3) is 4.54. The van der Waals surface area contributed by atoms with Crippen LogP contribution in [0.25, 0.3) is 0 Å². The monoisotopic (exact) mass is 494 g/mol. The molecule has 5 fully saturated rings. The lowest BCUT2D eigenvalue weighted by Crippen LogP contribution is -2.54. The molecule has 3 aliphatic heterocycles. The molecule has 8 nitrogen and oxygen atoms in total. The number of benzene rings is 1. The Balaban J connectivity index is 1.17. The number of anilines is 1. The lowest BCUT2D eigenvalue weighted by Gasteiger charge is -2.34. The highest BCUT2D eigenvalue weighted by molar-refractivity contribution is 5.99. The molecule has 0 aromatic heterocycles. The van der Waals surface area contributed by atoms with E-state index in [9.17, 15) is 14.4 Å². The van der Waals surface area contributed by atoms with Gasteiger partial charge in [0.2, 0.25) is 5.91 Å². The van der Waals surface area contributed by atoms with Gasteiger partial charge in [-0.1, -0.05) is 12.8 Å². The molecule has 36 heavy (non-hydrogen) atoms. The quantitative estimate of drug-likeness (QED) is 0.651. The van der Waals surface area contributed by atoms with Crippen molar-refractivity contribution >= 4 is 23.3 Å². The van der Waals surface area contributed by atoms with Gasteiger partial charge in [0, 0.05) is 49.9 Å². The maximum Gasteiger partial charge on any atom is 0.251 e. The van der Waals surface area contributed by atoms with Crippen molar-refractivity contribution in [3.8, 4) is 0 Å². The van der Waals surface area contributed by atoms with Crippen LogP contribution in [0.4, 0.5) is 5.69 Å². The van der Waals surface area contributed by atoms with Crippen molar-refractivity contribution in [2.45, 2.75) is 56.7 Å². The van der Waals surface area contributed by atoms with Gasteiger partial charge in [0.15, 0.2) is 5.78 Å². The van der Waals surface area contributed by atoms with E-state index in [-0.39, 0.29) is 42.1 Å². The van der Waals surface area contributed by atoms with Gasteiger partial charge in [-0.25, -0.2) is 0 Å². The molecule has 1 N–H and O–H groups in total. The SMILES string of the molecule is CN1CCN(c2ccc(C(=O)N[C@H](C(=O)N3C[C@H](C4CC4)[C@H]4OCC(=O)[C@H]43)C3CCCC3)cc2)CC1. The van der Waals surface area contributed by atoms with Gasteiger partial charge in [-0.05, 0) is 68.8 Å². The van der Waals surface area contributed by atoms with E-state index in [0.29, 0.717) is 18.0 Å². The molecule has 2 saturated carbocycles. The first-order chi connectivity index (χ1) is 17.5. The number of ketones is 1. The first-order valence-corrected chi connectivity index (χ1v) is 13.8. The highest BCUT2D eigenvalue weighted by Gasteiger charge is 2.57. The van der Waals surface area contributed by atoms with Crippen molar-refractivity contribution in [2.75, 3.05) is 51.3 Å². The molecule has 1 aromatic carbocycles. The van der Waals surface area contributed by atoms with E-state index in [0.717, 1.165) is 70.4 Å². The Morgan fingerprint density at radius 1 is 1.00 bits per heavy atom. The molecule has 8 heteroatoms. The van der Waals surface area contributed by atoms with Crippen LogP contribution in [0.2, 0.25) is 0 Å². The van der Waals surface area contributed by atoms with Crippen LogP contribution in [0.3, 0.4) is 0 Å². The van der Waals surface area contributed by atoms with Crippen molar-refractivity contribution in [1.82, 2.24) is 15.1 Å². The first-order valence-electron chi connectivity index (χ1n) is 13.8. The Morgan fingerprint density at radius 2 is 1.69 bits per heavy atom. The van der Waals surface area contributed by atoms with E-state index >= 15 is 0 Å². The van der Waals surface area contributed by atoms with Gasteiger partial charge < -0.3 is 24.8 Å². The standard InChI is InChI=1S/C28H38N4O4/c1-30-12-14-31(15-13-30)21-10-8-20(9-11-21)27(34)29-24(19-4-2-3-5-19)28(35)32-16-22(18-6-7-18)26-25(32)23(33)17-36-26/h8-11,18-19,22,24-26H,2-7,12-17H2,1H3,(H,29,34)/t22-,24+,25-,26-/m1/s1. The van der Waals surface area contributed by atoms with E-state index in [1.54, 1.807) is 4.90 Å². The average molecular weight is 495 g/mol. The molecule has 0 bridgehead atoms. The van der Waals surface area contributed by atoms with Crippen LogP contribution < -0.4 is 10.2 Å². The Hall–Kier alpha value is -2.45. The maximum absolute atomic E-state index is 14.0. The van der Waals surface area contributed by atoms with Crippen molar-refractivity contribution in [2.24, 2.45) is 17.8 Å². The smallest absolute Gasteiger partial charge is 0.251 e. The summed E-state index contributed by atoms with van der Waals surface area (Å²) in [5.41, 5.74) is 1.69. The van der Waals surface area contributed by atoms with Gasteiger partial charge in [-0.3, -0.25) is 14.4 Å². The molecular weight excluding hydrogens is 456 g/mol. The van der Waals surface area contributed by atoms with Gasteiger partial charge >= 0.3 is 0 Å². The zero-order valence-corrected chi connectivity index (χ0v) is 21.2. The summed E-state index contributed by atoms with van der Waals surface area (Å²) in [5.74, 6) is 0.608. The molecule has 1 aromatic rings. The fourth-order valence-electron chi connectivity index (χ4n) is 6.82. The number of nitrogens with one attached hydrogen (secondary N) is 1. The summed E-state index contributed by atoms with van der Waals surface area (Å²) in [6.45, 7) is 4.68. The second-order valence-electron chi connectivity index (χ2n) is 11.5. The van der Waals surface area contributed by atoms with Gasteiger partial charge in [0.05, 0.1) is 6.10 Å². The molecule has 0 spiro atoms. The van der Waals surface area contributed by atoms with Gasteiger partial charge in [0.1, 0.15) is 18.7 Å². The van der Waals surface area contributed by atoms with E-state index in [1.165, 1.54) is 0 Å². The summed E-state index contributed by atoms with van der Waals surface area (Å²) in [6, 6.07) is 6.67. The minimum absolute atomic E-state index is 0.00694. The zero-order valence-electron chi connectivity index (χ0n) is 21.2. The Morgan fingerprint density at radius 3 is 2.36 bits per heavy atom. The number of piperazine rings is 1. The van der Waals surface area contributed by atoms with E-state index in [1.807, 2.05) is 24.3 Å². The summed E-state index contributed by atoms with van der Waals surface area (Å²) >= 11 is 0. The van der Waals surface area contributed by atoms with Crippen LogP contribution in [0.5, 0.6) is 0 Å². The number of fused-ring (bicyclic) bond motifs is 1. The number of nitrogens with zero attached hydrogens (tertiary/aromatic N) is 3. The van der Waals surface area contributed by atoms with E-state index < -0.39 is 12.1 Å². The number of carbonyl (C=O) groups is 3. The number of carbonyl (C=O) groups excluding carboxylic acids is 3. The second kappa shape index (κ2) is 9.78. The predicted molar refractivity (Wildman–Crippen MR) is 136 cm³/mol. The molecule has 3 heterocycles. The van der Waals surface area contributed by atoms with E-state index in [2.05, 4.69) is 22.2 Å². The lowest BCUT2D eigenvalue weighted by molar-refractivity contribution is -0.139. The lowest BCUT2D eigenvalue weighted by atomic mass is 9.95. The molecule has 2 amide bonds. The number of likely N-dealkylation sites (tertiary alicyclic amines) is 1. The van der Waals surface area contributed by atoms with Crippen LogP contribution >= 0.6 is 0 Å². The van der Waals surface area contributed by atoms with Crippen LogP contribution in [0.1, 0.15) is 48.9 Å². The van der Waals surface area contributed by atoms with Crippen LogP contribution in [-0.4, -0.2) is 92.0 Å². The number of rotatable bonds is 6. The third-order valence-electron chi connectivity index (χ3n) is 9.16. The van der Waals surface area contributed by atoms with E-state index in [4.69, 9.17) is 4.74 Å². The fourth-order valence-corrected chi connectivity index (χ4v) is 6.82. The number of likely N-dealkylation sites (N-methyl/N-ethyl adjacent to an activating group) is 1. The van der Waals surface area contributed by atoms with Gasteiger partial charge in [-0.2, -0.15) is 0 Å². The number of amides is 2. The minimum Gasteiger partial charge on any atom is -0.369 e. The Bertz CT molecular complexity index is 995. The minimum atomic E-state index is -0.593. The molecule has 3 saturated heterocycles. The summed E-state index contributed by atoms with van der Waals surface area (Å²) in [5, 5.41) is 3.11. The largest absolute Gasteiger partial charge is 0.369 e. The average Bonchev–Trinajstić information content (AvgIpc) is 3.27. The summed E-state index contributed by atoms with van der Waals surface area (Å²) in [4.78, 5) is 46.4. The van der Waals surface area contributed by atoms with Crippen LogP contribution in [-0.2, 0) is 14.3 Å². The number of Topliss-reactive ketones (excluding diaryl/α,β-unsaturated/α-hetero) is 1. The molecule has 0 unspecified atom stereocenters. The zero-order chi connectivity index (χ0) is 24.8. The molecule has 5 aliphatic rings. The Labute approximate surface area is 213 Å². The van der Waals surface area contributed by atoms with Crippen LogP contribution in [0.15, 0.2) is 24.3 Å². The number of hydrogen-bond acceptors (Lipinski definition) is 6. The highest BCUT2D eigenvalue weighted by Crippen LogP contribution is 2.46. The Kier molecular flexibility index (Phi) is 6.50. The van der Waals surface area contributed by atoms with Crippen molar-refractivity contribution in [3.63, 3.8) is 0 Å². The first kappa shape index (κ1) is 23.9. The van der Waals surface area contributed by atoms with Gasteiger partial charge in [-0.15, -0.1) is 0 Å². The summed E-state index contributed by atoms with van der Waals surface area (Å²) in [6.07, 6.45) is 6.14. The van der Waals surface area contributed by atoms with Crippen molar-refractivity contribution < 1.29 is 19.1 Å². The van der Waals surface area contributed by atoms with Crippen molar-refractivity contribution in [3.05, 3.63) is 29.8 Å². The predicted octanol–water partition coefficient (Wildman–Crippen LogP) is 1.93. The molecule has 0 radical (unpaired) electrons. The fraction of sp³-hybridized carbons (Fsp3) is 0.679. The third-order valence-corrected chi connectivity index (χ3v) is 9.16. The molecule has 194 valence electrons. The molecule has 2 aliphatic carbocycles. The molecular formula is C28H38N4O4. The summed E-state index contributed by atoms with van der Waals surface area (Å²) < 4.78 is 5.87. The van der Waals surface area contributed by atoms with Crippen molar-refractivity contribution in [1.29, 1.82) is 0 Å². The second-order valence-corrected chi connectivity index (χ2v) is 11.5. The highest BCUT2D eigenvalue weighted by atomic mass is 16.5. The summed E-state index contributed by atoms with van der Waals surface area (Å²) in [7, 11) is 2.14. The van der Waals surface area contributed by atoms with Crippen LogP contribution in [0, 0.1) is 17.8 Å². The topological polar surface area (TPSA) is 82.2 Å². The molecule has 4 atom stereocenters. The molecule has 6 rings (SSSR count). The maximum atomic E-state index is 14.0. The number of hydrogen-bond donors (Lipinski definition) is 1. The number of ether oxygens (including phenoxy) is 1. The van der Waals surface area contributed by atoms with Gasteiger partial charge in [0.25, 0.3) is 5.91 Å².